The highest BCUT2D eigenvalue weighted by Crippen LogP contribution is 2.31. The molecule has 0 aliphatic carbocycles. The van der Waals surface area contributed by atoms with E-state index in [4.69, 9.17) is 16.3 Å². The summed E-state index contributed by atoms with van der Waals surface area (Å²) in [5.74, 6) is -0.446. The Hall–Kier alpha value is -2.72. The molecular weight excluding hydrogens is 484 g/mol. The molecule has 1 unspecified atom stereocenters. The maximum Gasteiger partial charge on any atom is 0.253 e. The number of carbonyl (C=O) groups excluding carboxylic acids is 2. The van der Waals surface area contributed by atoms with Crippen molar-refractivity contribution < 1.29 is 22.7 Å². The van der Waals surface area contributed by atoms with Crippen molar-refractivity contribution in [2.24, 2.45) is 0 Å². The molecule has 0 radical (unpaired) electrons. The average molecular weight is 505 g/mol. The van der Waals surface area contributed by atoms with Gasteiger partial charge in [-0.3, -0.25) is 9.59 Å². The first kappa shape index (κ1) is 23.4. The van der Waals surface area contributed by atoms with E-state index in [0.29, 0.717) is 22.9 Å². The lowest BCUT2D eigenvalue weighted by molar-refractivity contribution is -0.122. The summed E-state index contributed by atoms with van der Waals surface area (Å²) in [6.45, 7) is 0.0285. The smallest absolute Gasteiger partial charge is 0.253 e. The average Bonchev–Trinajstić information content (AvgIpc) is 3.43. The molecule has 10 heteroatoms. The molecule has 1 fully saturated rings. The van der Waals surface area contributed by atoms with E-state index < -0.39 is 27.9 Å². The molecule has 0 saturated carbocycles. The molecule has 0 N–H and O–H groups in total. The van der Waals surface area contributed by atoms with Crippen molar-refractivity contribution in [3.63, 3.8) is 0 Å². The summed E-state index contributed by atoms with van der Waals surface area (Å²) in [5, 5.41) is 2.20. The number of sulfonamides is 1. The molecular formula is C23H21ClN2O5S2. The van der Waals surface area contributed by atoms with Crippen LogP contribution in [0.1, 0.15) is 12.0 Å². The fourth-order valence-electron chi connectivity index (χ4n) is 3.74. The van der Waals surface area contributed by atoms with Gasteiger partial charge in [0.25, 0.3) is 15.9 Å². The standard InChI is InChI=1S/C23H21ClN2O5S2/c1-31-19-9-7-18(8-10-19)26-21(27)15-20(23(26)28)25(33(29,30)22-6-3-13-32-22)12-11-16-4-2-5-17(24)14-16/h2-10,13-14,20H,11-12,15H2,1H3. The number of rotatable bonds is 8. The molecule has 2 aromatic carbocycles. The zero-order chi connectivity index (χ0) is 23.6. The van der Waals surface area contributed by atoms with Gasteiger partial charge in [0.15, 0.2) is 0 Å². The van der Waals surface area contributed by atoms with Gasteiger partial charge < -0.3 is 4.74 Å². The monoisotopic (exact) mass is 504 g/mol. The van der Waals surface area contributed by atoms with Gasteiger partial charge >= 0.3 is 0 Å². The Morgan fingerprint density at radius 1 is 1.12 bits per heavy atom. The molecule has 0 spiro atoms. The summed E-state index contributed by atoms with van der Waals surface area (Å²) in [7, 11) is -2.48. The van der Waals surface area contributed by atoms with E-state index in [0.717, 1.165) is 26.1 Å². The predicted octanol–water partition coefficient (Wildman–Crippen LogP) is 3.98. The molecule has 33 heavy (non-hydrogen) atoms. The third-order valence-electron chi connectivity index (χ3n) is 5.37. The number of amides is 2. The highest BCUT2D eigenvalue weighted by molar-refractivity contribution is 7.91. The maximum atomic E-state index is 13.5. The molecule has 1 atom stereocenters. The van der Waals surface area contributed by atoms with Crippen molar-refractivity contribution in [3.8, 4) is 5.75 Å². The summed E-state index contributed by atoms with van der Waals surface area (Å²) in [5.41, 5.74) is 1.20. The first-order chi connectivity index (χ1) is 15.8. The third kappa shape index (κ3) is 4.81. The first-order valence-corrected chi connectivity index (χ1v) is 12.8. The van der Waals surface area contributed by atoms with Crippen LogP contribution in [0.2, 0.25) is 5.02 Å². The highest BCUT2D eigenvalue weighted by atomic mass is 35.5. The Kier molecular flexibility index (Phi) is 6.85. The first-order valence-electron chi connectivity index (χ1n) is 10.1. The van der Waals surface area contributed by atoms with Crippen LogP contribution >= 0.6 is 22.9 Å². The van der Waals surface area contributed by atoms with Crippen LogP contribution in [-0.2, 0) is 26.0 Å². The highest BCUT2D eigenvalue weighted by Gasteiger charge is 2.47. The van der Waals surface area contributed by atoms with Gasteiger partial charge in [0, 0.05) is 11.6 Å². The van der Waals surface area contributed by atoms with Gasteiger partial charge in [0.2, 0.25) is 5.91 Å². The zero-order valence-electron chi connectivity index (χ0n) is 17.7. The lowest BCUT2D eigenvalue weighted by atomic mass is 10.1. The quantitative estimate of drug-likeness (QED) is 0.433. The molecule has 4 rings (SSSR count). The largest absolute Gasteiger partial charge is 0.497 e. The summed E-state index contributed by atoms with van der Waals surface area (Å²) < 4.78 is 33.3. The minimum absolute atomic E-state index is 0.0285. The second kappa shape index (κ2) is 9.64. The van der Waals surface area contributed by atoms with Crippen LogP contribution in [0.25, 0.3) is 0 Å². The molecule has 2 amide bonds. The van der Waals surface area contributed by atoms with Crippen molar-refractivity contribution in [1.29, 1.82) is 0 Å². The van der Waals surface area contributed by atoms with Gasteiger partial charge in [-0.15, -0.1) is 11.3 Å². The van der Waals surface area contributed by atoms with Crippen LogP contribution in [0.5, 0.6) is 5.75 Å². The predicted molar refractivity (Wildman–Crippen MR) is 127 cm³/mol. The molecule has 7 nitrogen and oxygen atoms in total. The number of methoxy groups -OCH3 is 1. The van der Waals surface area contributed by atoms with Crippen molar-refractivity contribution >= 4 is 50.5 Å². The number of imide groups is 1. The van der Waals surface area contributed by atoms with Crippen molar-refractivity contribution in [3.05, 3.63) is 76.6 Å². The van der Waals surface area contributed by atoms with Crippen LogP contribution in [0.3, 0.4) is 0 Å². The molecule has 1 aromatic heterocycles. The lowest BCUT2D eigenvalue weighted by Gasteiger charge is -2.26. The van der Waals surface area contributed by atoms with Gasteiger partial charge in [0.05, 0.1) is 19.2 Å². The van der Waals surface area contributed by atoms with E-state index in [2.05, 4.69) is 0 Å². The van der Waals surface area contributed by atoms with Crippen LogP contribution in [0, 0.1) is 0 Å². The van der Waals surface area contributed by atoms with E-state index in [1.54, 1.807) is 53.9 Å². The fraction of sp³-hybridized carbons (Fsp3) is 0.217. The van der Waals surface area contributed by atoms with E-state index in [-0.39, 0.29) is 17.2 Å². The molecule has 1 aliphatic rings. The fourth-order valence-corrected chi connectivity index (χ4v) is 6.66. The molecule has 3 aromatic rings. The number of carbonyl (C=O) groups is 2. The molecule has 2 heterocycles. The van der Waals surface area contributed by atoms with Gasteiger partial charge in [-0.2, -0.15) is 4.31 Å². The van der Waals surface area contributed by atoms with Crippen LogP contribution in [-0.4, -0.2) is 44.2 Å². The zero-order valence-corrected chi connectivity index (χ0v) is 20.1. The van der Waals surface area contributed by atoms with E-state index in [1.165, 1.54) is 13.2 Å². The van der Waals surface area contributed by atoms with Gasteiger partial charge in [0.1, 0.15) is 16.0 Å². The number of ether oxygens (including phenoxy) is 1. The SMILES string of the molecule is COc1ccc(N2C(=O)CC(N(CCc3cccc(Cl)c3)S(=O)(=O)c3cccs3)C2=O)cc1. The minimum Gasteiger partial charge on any atom is -0.497 e. The number of anilines is 1. The number of benzene rings is 2. The summed E-state index contributed by atoms with van der Waals surface area (Å²) in [6.07, 6.45) is 0.108. The molecule has 1 aliphatic heterocycles. The summed E-state index contributed by atoms with van der Waals surface area (Å²) in [6, 6.07) is 15.6. The summed E-state index contributed by atoms with van der Waals surface area (Å²) in [4.78, 5) is 27.2. The Labute approximate surface area is 201 Å². The van der Waals surface area contributed by atoms with E-state index in [9.17, 15) is 18.0 Å². The second-order valence-corrected chi connectivity index (χ2v) is 10.9. The number of hydrogen-bond donors (Lipinski definition) is 0. The maximum absolute atomic E-state index is 13.5. The van der Waals surface area contributed by atoms with Gasteiger partial charge in [-0.1, -0.05) is 29.8 Å². The van der Waals surface area contributed by atoms with Crippen LogP contribution < -0.4 is 9.64 Å². The van der Waals surface area contributed by atoms with E-state index >= 15 is 0 Å². The van der Waals surface area contributed by atoms with Crippen LogP contribution in [0.4, 0.5) is 5.69 Å². The van der Waals surface area contributed by atoms with Crippen molar-refractivity contribution in [2.45, 2.75) is 23.1 Å². The van der Waals surface area contributed by atoms with Gasteiger partial charge in [-0.05, 0) is 59.8 Å². The second-order valence-electron chi connectivity index (χ2n) is 7.41. The molecule has 172 valence electrons. The molecule has 1 saturated heterocycles. The number of hydrogen-bond acceptors (Lipinski definition) is 6. The Morgan fingerprint density at radius 2 is 1.88 bits per heavy atom. The topological polar surface area (TPSA) is 84.0 Å². The van der Waals surface area contributed by atoms with E-state index in [1.807, 2.05) is 6.07 Å². The number of halogens is 1. The summed E-state index contributed by atoms with van der Waals surface area (Å²) >= 11 is 7.13. The Bertz CT molecular complexity index is 1260. The Morgan fingerprint density at radius 3 is 2.52 bits per heavy atom. The number of nitrogens with zero attached hydrogens (tertiary/aromatic N) is 2. The molecule has 0 bridgehead atoms. The minimum atomic E-state index is -3.99. The normalized spacial score (nSPS) is 16.6. The van der Waals surface area contributed by atoms with Crippen molar-refractivity contribution in [1.82, 2.24) is 4.31 Å². The Balaban J connectivity index is 1.66. The lowest BCUT2D eigenvalue weighted by Crippen LogP contribution is -2.46. The third-order valence-corrected chi connectivity index (χ3v) is 8.89. The van der Waals surface area contributed by atoms with Gasteiger partial charge in [-0.25, -0.2) is 13.3 Å². The van der Waals surface area contributed by atoms with Crippen molar-refractivity contribution in [2.75, 3.05) is 18.6 Å². The number of thiophene rings is 1. The van der Waals surface area contributed by atoms with Crippen LogP contribution in [0.15, 0.2) is 70.3 Å².